The lowest BCUT2D eigenvalue weighted by Crippen LogP contribution is -2.38. The molecule has 0 N–H and O–H groups in total. The van der Waals surface area contributed by atoms with Crippen LogP contribution in [0, 0.1) is 5.92 Å². The summed E-state index contributed by atoms with van der Waals surface area (Å²) >= 11 is 0. The molecule has 24 heavy (non-hydrogen) atoms. The highest BCUT2D eigenvalue weighted by molar-refractivity contribution is 5.97. The Morgan fingerprint density at radius 3 is 2.42 bits per heavy atom. The van der Waals surface area contributed by atoms with E-state index in [0.29, 0.717) is 17.2 Å². The van der Waals surface area contributed by atoms with E-state index < -0.39 is 0 Å². The average Bonchev–Trinajstić information content (AvgIpc) is 2.67. The summed E-state index contributed by atoms with van der Waals surface area (Å²) in [6.45, 7) is 1.69. The number of amides is 1. The SMILES string of the molecule is COc1ccccc1C(=O)N1CCC(CCc2ccccc2)CC1. The molecule has 1 aliphatic heterocycles. The molecular weight excluding hydrogens is 298 g/mol. The number of carbonyl (C=O) groups is 1. The number of aryl methyl sites for hydroxylation is 1. The van der Waals surface area contributed by atoms with Crippen molar-refractivity contribution < 1.29 is 9.53 Å². The highest BCUT2D eigenvalue weighted by atomic mass is 16.5. The number of rotatable bonds is 5. The summed E-state index contributed by atoms with van der Waals surface area (Å²) in [7, 11) is 1.61. The van der Waals surface area contributed by atoms with E-state index in [0.717, 1.165) is 32.4 Å². The van der Waals surface area contributed by atoms with Crippen LogP contribution in [0.25, 0.3) is 0 Å². The average molecular weight is 323 g/mol. The van der Waals surface area contributed by atoms with E-state index in [1.54, 1.807) is 7.11 Å². The topological polar surface area (TPSA) is 29.5 Å². The van der Waals surface area contributed by atoms with E-state index in [1.807, 2.05) is 29.2 Å². The first-order valence-corrected chi connectivity index (χ1v) is 8.74. The molecular formula is C21H25NO2. The van der Waals surface area contributed by atoms with Gasteiger partial charge in [0.1, 0.15) is 5.75 Å². The largest absolute Gasteiger partial charge is 0.496 e. The zero-order chi connectivity index (χ0) is 16.8. The van der Waals surface area contributed by atoms with Crippen LogP contribution in [0.5, 0.6) is 5.75 Å². The second kappa shape index (κ2) is 8.00. The number of piperidine rings is 1. The second-order valence-corrected chi connectivity index (χ2v) is 6.46. The first kappa shape index (κ1) is 16.6. The monoisotopic (exact) mass is 323 g/mol. The molecule has 0 radical (unpaired) electrons. The van der Waals surface area contributed by atoms with Gasteiger partial charge in [-0.15, -0.1) is 0 Å². The lowest BCUT2D eigenvalue weighted by Gasteiger charge is -2.32. The predicted molar refractivity (Wildman–Crippen MR) is 96.4 cm³/mol. The molecule has 2 aromatic carbocycles. The van der Waals surface area contributed by atoms with Crippen LogP contribution in [0.4, 0.5) is 0 Å². The molecule has 1 fully saturated rings. The van der Waals surface area contributed by atoms with Crippen LogP contribution in [0.1, 0.15) is 35.2 Å². The number of hydrogen-bond donors (Lipinski definition) is 0. The molecule has 0 aromatic heterocycles. The van der Waals surface area contributed by atoms with Gasteiger partial charge in [-0.25, -0.2) is 0 Å². The Balaban J connectivity index is 1.52. The Bertz CT molecular complexity index is 661. The standard InChI is InChI=1S/C21H25NO2/c1-24-20-10-6-5-9-19(20)21(23)22-15-13-18(14-16-22)12-11-17-7-3-2-4-8-17/h2-10,18H,11-16H2,1H3. The van der Waals surface area contributed by atoms with Crippen LogP contribution < -0.4 is 4.74 Å². The van der Waals surface area contributed by atoms with Crippen LogP contribution in [0.2, 0.25) is 0 Å². The fourth-order valence-corrected chi connectivity index (χ4v) is 3.43. The highest BCUT2D eigenvalue weighted by Crippen LogP contribution is 2.26. The molecule has 3 nitrogen and oxygen atoms in total. The Morgan fingerprint density at radius 2 is 1.71 bits per heavy atom. The minimum absolute atomic E-state index is 0.0916. The second-order valence-electron chi connectivity index (χ2n) is 6.46. The lowest BCUT2D eigenvalue weighted by molar-refractivity contribution is 0.0683. The maximum Gasteiger partial charge on any atom is 0.257 e. The molecule has 0 aliphatic carbocycles. The normalized spacial score (nSPS) is 15.3. The van der Waals surface area contributed by atoms with Gasteiger partial charge in [0.15, 0.2) is 0 Å². The van der Waals surface area contributed by atoms with Gasteiger partial charge in [-0.05, 0) is 49.3 Å². The third-order valence-electron chi connectivity index (χ3n) is 4.92. The van der Waals surface area contributed by atoms with Crippen molar-refractivity contribution in [2.45, 2.75) is 25.7 Å². The van der Waals surface area contributed by atoms with Gasteiger partial charge in [-0.3, -0.25) is 4.79 Å². The smallest absolute Gasteiger partial charge is 0.257 e. The summed E-state index contributed by atoms with van der Waals surface area (Å²) in [5.74, 6) is 1.47. The Morgan fingerprint density at radius 1 is 1.04 bits per heavy atom. The van der Waals surface area contributed by atoms with Crippen LogP contribution in [0.15, 0.2) is 54.6 Å². The van der Waals surface area contributed by atoms with Crippen molar-refractivity contribution >= 4 is 5.91 Å². The molecule has 3 heteroatoms. The van der Waals surface area contributed by atoms with Gasteiger partial charge in [-0.1, -0.05) is 42.5 Å². The maximum absolute atomic E-state index is 12.7. The van der Waals surface area contributed by atoms with Crippen molar-refractivity contribution in [2.24, 2.45) is 5.92 Å². The van der Waals surface area contributed by atoms with E-state index in [9.17, 15) is 4.79 Å². The number of para-hydroxylation sites is 1. The van der Waals surface area contributed by atoms with E-state index in [-0.39, 0.29) is 5.91 Å². The highest BCUT2D eigenvalue weighted by Gasteiger charge is 2.25. The van der Waals surface area contributed by atoms with Crippen molar-refractivity contribution in [1.82, 2.24) is 4.90 Å². The van der Waals surface area contributed by atoms with Gasteiger partial charge in [0.2, 0.25) is 0 Å². The summed E-state index contributed by atoms with van der Waals surface area (Å²) < 4.78 is 5.32. The van der Waals surface area contributed by atoms with Crippen LogP contribution in [-0.2, 0) is 6.42 Å². The maximum atomic E-state index is 12.7. The number of carbonyl (C=O) groups excluding carboxylic acids is 1. The van der Waals surface area contributed by atoms with Gasteiger partial charge in [0.05, 0.1) is 12.7 Å². The third-order valence-corrected chi connectivity index (χ3v) is 4.92. The number of nitrogens with zero attached hydrogens (tertiary/aromatic N) is 1. The third kappa shape index (κ3) is 3.97. The fraction of sp³-hybridized carbons (Fsp3) is 0.381. The quantitative estimate of drug-likeness (QED) is 0.826. The number of methoxy groups -OCH3 is 1. The molecule has 1 amide bonds. The molecule has 1 saturated heterocycles. The number of ether oxygens (including phenoxy) is 1. The van der Waals surface area contributed by atoms with Crippen molar-refractivity contribution in [3.05, 3.63) is 65.7 Å². The Labute approximate surface area is 144 Å². The fourth-order valence-electron chi connectivity index (χ4n) is 3.43. The number of hydrogen-bond acceptors (Lipinski definition) is 2. The van der Waals surface area contributed by atoms with E-state index in [1.165, 1.54) is 12.0 Å². The molecule has 1 aliphatic rings. The first-order valence-electron chi connectivity index (χ1n) is 8.74. The zero-order valence-corrected chi connectivity index (χ0v) is 14.3. The van der Waals surface area contributed by atoms with Gasteiger partial charge in [0.25, 0.3) is 5.91 Å². The summed E-state index contributed by atoms with van der Waals surface area (Å²) in [6, 6.07) is 18.1. The number of likely N-dealkylation sites (tertiary alicyclic amines) is 1. The van der Waals surface area contributed by atoms with Crippen molar-refractivity contribution in [3.63, 3.8) is 0 Å². The first-order chi connectivity index (χ1) is 11.8. The molecule has 2 aromatic rings. The molecule has 1 heterocycles. The Hall–Kier alpha value is -2.29. The molecule has 126 valence electrons. The zero-order valence-electron chi connectivity index (χ0n) is 14.3. The van der Waals surface area contributed by atoms with Crippen LogP contribution >= 0.6 is 0 Å². The number of benzene rings is 2. The van der Waals surface area contributed by atoms with Crippen molar-refractivity contribution in [1.29, 1.82) is 0 Å². The predicted octanol–water partition coefficient (Wildman–Crippen LogP) is 4.18. The summed E-state index contributed by atoms with van der Waals surface area (Å²) in [5, 5.41) is 0. The molecule has 0 atom stereocenters. The van der Waals surface area contributed by atoms with Gasteiger partial charge < -0.3 is 9.64 Å². The van der Waals surface area contributed by atoms with Crippen molar-refractivity contribution in [3.8, 4) is 5.75 Å². The summed E-state index contributed by atoms with van der Waals surface area (Å²) in [4.78, 5) is 14.7. The minimum atomic E-state index is 0.0916. The van der Waals surface area contributed by atoms with Crippen molar-refractivity contribution in [2.75, 3.05) is 20.2 Å². The summed E-state index contributed by atoms with van der Waals surface area (Å²) in [5.41, 5.74) is 2.08. The van der Waals surface area contributed by atoms with Gasteiger partial charge >= 0.3 is 0 Å². The van der Waals surface area contributed by atoms with Gasteiger partial charge in [-0.2, -0.15) is 0 Å². The van der Waals surface area contributed by atoms with Crippen LogP contribution in [0.3, 0.4) is 0 Å². The molecule has 0 spiro atoms. The Kier molecular flexibility index (Phi) is 5.52. The van der Waals surface area contributed by atoms with E-state index in [4.69, 9.17) is 4.74 Å². The lowest BCUT2D eigenvalue weighted by atomic mass is 9.90. The summed E-state index contributed by atoms with van der Waals surface area (Å²) in [6.07, 6.45) is 4.52. The molecule has 0 bridgehead atoms. The molecule has 0 unspecified atom stereocenters. The van der Waals surface area contributed by atoms with E-state index >= 15 is 0 Å². The van der Waals surface area contributed by atoms with Crippen LogP contribution in [-0.4, -0.2) is 31.0 Å². The van der Waals surface area contributed by atoms with E-state index in [2.05, 4.69) is 30.3 Å². The molecule has 0 saturated carbocycles. The minimum Gasteiger partial charge on any atom is -0.496 e. The molecule has 3 rings (SSSR count). The van der Waals surface area contributed by atoms with Gasteiger partial charge in [0, 0.05) is 13.1 Å².